The van der Waals surface area contributed by atoms with Crippen molar-refractivity contribution < 1.29 is 23.1 Å². The Bertz CT molecular complexity index is 1020. The van der Waals surface area contributed by atoms with Crippen LogP contribution in [0.3, 0.4) is 0 Å². The van der Waals surface area contributed by atoms with Crippen LogP contribution < -0.4 is 10.2 Å². The van der Waals surface area contributed by atoms with Gasteiger partial charge in [-0.2, -0.15) is 13.9 Å². The summed E-state index contributed by atoms with van der Waals surface area (Å²) in [4.78, 5) is 31.9. The molecule has 3 aliphatic heterocycles. The number of morpholine rings is 1. The molecular formula is C26H40F2N6O3. The number of ether oxygens (including phenoxy) is 1. The minimum absolute atomic E-state index is 0.0511. The molecule has 4 atom stereocenters. The molecule has 0 aliphatic carbocycles. The number of carbonyl (C=O) groups excluding carboxylic acids is 2. The van der Waals surface area contributed by atoms with Crippen LogP contribution in [0, 0.1) is 0 Å². The number of aromatic nitrogens is 2. The Balaban J connectivity index is 1.55. The summed E-state index contributed by atoms with van der Waals surface area (Å²) in [7, 11) is 0. The van der Waals surface area contributed by atoms with Gasteiger partial charge < -0.3 is 19.9 Å². The van der Waals surface area contributed by atoms with Gasteiger partial charge in [-0.15, -0.1) is 5.10 Å². The number of hydrogen-bond acceptors (Lipinski definition) is 7. The van der Waals surface area contributed by atoms with Crippen LogP contribution in [0.15, 0.2) is 6.07 Å². The van der Waals surface area contributed by atoms with Crippen molar-refractivity contribution in [3.8, 4) is 0 Å². The van der Waals surface area contributed by atoms with Crippen LogP contribution in [0.25, 0.3) is 0 Å². The molecule has 0 radical (unpaired) electrons. The van der Waals surface area contributed by atoms with Crippen LogP contribution >= 0.6 is 0 Å². The molecule has 4 unspecified atom stereocenters. The number of carbonyl (C=O) groups is 2. The van der Waals surface area contributed by atoms with Gasteiger partial charge in [0.1, 0.15) is 12.3 Å². The lowest BCUT2D eigenvalue weighted by Crippen LogP contribution is -2.63. The maximum absolute atomic E-state index is 14.7. The van der Waals surface area contributed by atoms with Crippen LogP contribution in [0.2, 0.25) is 0 Å². The fourth-order valence-electron chi connectivity index (χ4n) is 5.53. The minimum Gasteiger partial charge on any atom is -0.367 e. The minimum atomic E-state index is -3.10. The number of alkyl halides is 2. The zero-order chi connectivity index (χ0) is 27.1. The Morgan fingerprint density at radius 1 is 1.27 bits per heavy atom. The van der Waals surface area contributed by atoms with Crippen LogP contribution in [-0.4, -0.2) is 95.4 Å². The van der Waals surface area contributed by atoms with Gasteiger partial charge in [0.15, 0.2) is 0 Å². The van der Waals surface area contributed by atoms with Crippen molar-refractivity contribution in [1.29, 1.82) is 0 Å². The van der Waals surface area contributed by atoms with E-state index in [1.54, 1.807) is 11.8 Å². The van der Waals surface area contributed by atoms with Crippen molar-refractivity contribution in [2.75, 3.05) is 44.2 Å². The smallest absolute Gasteiger partial charge is 0.291 e. The lowest BCUT2D eigenvalue weighted by atomic mass is 9.91. The number of piperazine rings is 1. The van der Waals surface area contributed by atoms with Gasteiger partial charge in [-0.3, -0.25) is 14.5 Å². The van der Waals surface area contributed by atoms with Gasteiger partial charge in [-0.1, -0.05) is 27.2 Å². The zero-order valence-corrected chi connectivity index (χ0v) is 22.8. The second-order valence-corrected chi connectivity index (χ2v) is 11.5. The van der Waals surface area contributed by atoms with Gasteiger partial charge in [-0.25, -0.2) is 0 Å². The van der Waals surface area contributed by atoms with Crippen LogP contribution in [0.5, 0.6) is 0 Å². The van der Waals surface area contributed by atoms with Crippen LogP contribution in [-0.2, 0) is 25.7 Å². The molecule has 0 spiro atoms. The summed E-state index contributed by atoms with van der Waals surface area (Å²) in [5.41, 5.74) is 0.0785. The topological polar surface area (TPSA) is 90.9 Å². The normalized spacial score (nSPS) is 28.5. The molecule has 1 N–H and O–H groups in total. The largest absolute Gasteiger partial charge is 0.367 e. The average Bonchev–Trinajstić information content (AvgIpc) is 3.11. The Morgan fingerprint density at radius 2 is 2.00 bits per heavy atom. The van der Waals surface area contributed by atoms with Gasteiger partial charge in [-0.05, 0) is 26.8 Å². The second-order valence-electron chi connectivity index (χ2n) is 11.5. The van der Waals surface area contributed by atoms with Crippen molar-refractivity contribution in [3.63, 3.8) is 0 Å². The maximum Gasteiger partial charge on any atom is 0.291 e. The highest BCUT2D eigenvalue weighted by molar-refractivity contribution is 5.97. The molecule has 2 fully saturated rings. The second kappa shape index (κ2) is 10.5. The average molecular weight is 523 g/mol. The fraction of sp³-hybridized carbons (Fsp3) is 0.769. The molecular weight excluding hydrogens is 482 g/mol. The Kier molecular flexibility index (Phi) is 7.88. The molecule has 3 aliphatic rings. The van der Waals surface area contributed by atoms with E-state index in [4.69, 9.17) is 4.74 Å². The van der Waals surface area contributed by atoms with E-state index in [0.717, 1.165) is 0 Å². The third-order valence-corrected chi connectivity index (χ3v) is 7.93. The number of nitrogens with one attached hydrogen (secondary N) is 1. The van der Waals surface area contributed by atoms with Crippen LogP contribution in [0.1, 0.15) is 65.8 Å². The highest BCUT2D eigenvalue weighted by Gasteiger charge is 2.44. The maximum atomic E-state index is 14.7. The predicted octanol–water partition coefficient (Wildman–Crippen LogP) is 2.29. The molecule has 37 heavy (non-hydrogen) atoms. The molecule has 206 valence electrons. The van der Waals surface area contributed by atoms with Crippen molar-refractivity contribution in [3.05, 3.63) is 17.5 Å². The first-order valence-corrected chi connectivity index (χ1v) is 13.3. The van der Waals surface area contributed by atoms with E-state index in [9.17, 15) is 18.4 Å². The summed E-state index contributed by atoms with van der Waals surface area (Å²) in [6.07, 6.45) is -0.0752. The standard InChI is InChI=1S/C26H40F2N6O3/c1-7-8-26(27,28)21-9-20-24(31-30-21)25(5,6)15-34(20)22(35)13-32-11-16(2)29-10-19(32)12-33-17(3)18(4)37-14-23(33)36/h9,16-19,29H,7-8,10-15H2,1-6H3. The molecule has 4 heterocycles. The van der Waals surface area contributed by atoms with E-state index in [2.05, 4.69) is 27.3 Å². The molecule has 0 bridgehead atoms. The summed E-state index contributed by atoms with van der Waals surface area (Å²) in [5, 5.41) is 11.5. The molecule has 4 rings (SSSR count). The summed E-state index contributed by atoms with van der Waals surface area (Å²) in [5.74, 6) is -3.32. The van der Waals surface area contributed by atoms with E-state index in [1.165, 1.54) is 6.07 Å². The van der Waals surface area contributed by atoms with E-state index >= 15 is 0 Å². The lowest BCUT2D eigenvalue weighted by molar-refractivity contribution is -0.156. The first-order chi connectivity index (χ1) is 17.3. The van der Waals surface area contributed by atoms with Gasteiger partial charge in [0.2, 0.25) is 11.8 Å². The number of nitrogens with zero attached hydrogens (tertiary/aromatic N) is 5. The fourth-order valence-corrected chi connectivity index (χ4v) is 5.53. The van der Waals surface area contributed by atoms with Crippen molar-refractivity contribution in [2.24, 2.45) is 0 Å². The third kappa shape index (κ3) is 5.63. The number of amides is 2. The van der Waals surface area contributed by atoms with Gasteiger partial charge in [0, 0.05) is 50.1 Å². The first kappa shape index (κ1) is 27.8. The number of fused-ring (bicyclic) bond motifs is 1. The van der Waals surface area contributed by atoms with Crippen molar-refractivity contribution in [1.82, 2.24) is 25.3 Å². The zero-order valence-electron chi connectivity index (χ0n) is 22.8. The summed E-state index contributed by atoms with van der Waals surface area (Å²) in [6.45, 7) is 13.9. The summed E-state index contributed by atoms with van der Waals surface area (Å²) >= 11 is 0. The Hall–Kier alpha value is -2.24. The van der Waals surface area contributed by atoms with Crippen LogP contribution in [0.4, 0.5) is 14.5 Å². The highest BCUT2D eigenvalue weighted by atomic mass is 19.3. The summed E-state index contributed by atoms with van der Waals surface area (Å²) in [6, 6.07) is 1.39. The third-order valence-electron chi connectivity index (χ3n) is 7.93. The van der Waals surface area contributed by atoms with Crippen molar-refractivity contribution in [2.45, 2.75) is 90.0 Å². The number of halogens is 2. The Labute approximate surface area is 217 Å². The van der Waals surface area contributed by atoms with Gasteiger partial charge >= 0.3 is 0 Å². The van der Waals surface area contributed by atoms with E-state index in [0.29, 0.717) is 44.0 Å². The Morgan fingerprint density at radius 3 is 2.70 bits per heavy atom. The summed E-state index contributed by atoms with van der Waals surface area (Å²) < 4.78 is 34.9. The van der Waals surface area contributed by atoms with E-state index in [1.807, 2.05) is 32.6 Å². The molecule has 9 nitrogen and oxygen atoms in total. The van der Waals surface area contributed by atoms with E-state index < -0.39 is 17.0 Å². The number of anilines is 1. The molecule has 11 heteroatoms. The monoisotopic (exact) mass is 522 g/mol. The molecule has 0 saturated carbocycles. The first-order valence-electron chi connectivity index (χ1n) is 13.3. The van der Waals surface area contributed by atoms with Gasteiger partial charge in [0.25, 0.3) is 5.92 Å². The molecule has 2 amide bonds. The molecule has 2 saturated heterocycles. The van der Waals surface area contributed by atoms with Crippen molar-refractivity contribution >= 4 is 17.5 Å². The van der Waals surface area contributed by atoms with E-state index in [-0.39, 0.29) is 55.6 Å². The highest BCUT2D eigenvalue weighted by Crippen LogP contribution is 2.42. The number of rotatable bonds is 7. The molecule has 1 aromatic heterocycles. The molecule has 1 aromatic rings. The number of hydrogen-bond donors (Lipinski definition) is 1. The van der Waals surface area contributed by atoms with Gasteiger partial charge in [0.05, 0.1) is 30.1 Å². The quantitative estimate of drug-likeness (QED) is 0.588. The lowest BCUT2D eigenvalue weighted by Gasteiger charge is -2.45. The SMILES string of the molecule is CCCC(F)(F)c1cc2c(nn1)C(C)(C)CN2C(=O)CN1CC(C)NCC1CN1C(=O)COC(C)C1C. The predicted molar refractivity (Wildman–Crippen MR) is 136 cm³/mol. The molecule has 0 aromatic carbocycles.